The van der Waals surface area contributed by atoms with E-state index in [2.05, 4.69) is 0 Å². The van der Waals surface area contributed by atoms with Crippen LogP contribution in [0, 0.1) is 0 Å². The minimum atomic E-state index is -0.123. The number of fused-ring (bicyclic) bond motifs is 3. The number of halogens is 2. The summed E-state index contributed by atoms with van der Waals surface area (Å²) in [5, 5.41) is 1.42. The average Bonchev–Trinajstić information content (AvgIpc) is 2.56. The number of rotatable bonds is 0. The van der Waals surface area contributed by atoms with E-state index in [1.54, 1.807) is 0 Å². The molecule has 1 nitrogen and oxygen atoms in total. The van der Waals surface area contributed by atoms with Crippen molar-refractivity contribution in [2.75, 3.05) is 0 Å². The molecule has 3 heteroatoms. The van der Waals surface area contributed by atoms with Crippen molar-refractivity contribution in [3.63, 3.8) is 0 Å². The Hall–Kier alpha value is -1.02. The van der Waals surface area contributed by atoms with E-state index in [9.17, 15) is 0 Å². The Kier molecular flexibility index (Phi) is 2.21. The first-order valence-electron chi connectivity index (χ1n) is 5.03. The summed E-state index contributed by atoms with van der Waals surface area (Å²) >= 11 is 12.4. The molecule has 1 aliphatic carbocycles. The minimum Gasteiger partial charge on any atom is -0.320 e. The maximum Gasteiger partial charge on any atom is 0.0565 e. The van der Waals surface area contributed by atoms with Crippen LogP contribution in [-0.2, 0) is 0 Å². The Labute approximate surface area is 104 Å². The first-order chi connectivity index (χ1) is 7.70. The minimum absolute atomic E-state index is 0.123. The van der Waals surface area contributed by atoms with Crippen molar-refractivity contribution in [1.29, 1.82) is 0 Å². The Morgan fingerprint density at radius 3 is 1.69 bits per heavy atom. The van der Waals surface area contributed by atoms with Crippen LogP contribution in [0.15, 0.2) is 36.4 Å². The van der Waals surface area contributed by atoms with Crippen molar-refractivity contribution in [3.05, 3.63) is 57.6 Å². The van der Waals surface area contributed by atoms with E-state index in [1.807, 2.05) is 36.4 Å². The van der Waals surface area contributed by atoms with Gasteiger partial charge in [0.1, 0.15) is 0 Å². The third-order valence-corrected chi connectivity index (χ3v) is 3.64. The van der Waals surface area contributed by atoms with Crippen molar-refractivity contribution in [1.82, 2.24) is 0 Å². The molecule has 0 atom stereocenters. The van der Waals surface area contributed by atoms with Gasteiger partial charge in [0, 0.05) is 21.2 Å². The van der Waals surface area contributed by atoms with Crippen LogP contribution in [0.4, 0.5) is 0 Å². The number of hydrogen-bond acceptors (Lipinski definition) is 1. The SMILES string of the molecule is NC1c2cccc(Cl)c2-c2c(Cl)cccc21. The topological polar surface area (TPSA) is 26.0 Å². The molecule has 16 heavy (non-hydrogen) atoms. The van der Waals surface area contributed by atoms with Gasteiger partial charge in [-0.25, -0.2) is 0 Å². The normalized spacial score (nSPS) is 13.7. The quantitative estimate of drug-likeness (QED) is 0.750. The molecule has 0 unspecified atom stereocenters. The average molecular weight is 250 g/mol. The molecule has 0 aliphatic heterocycles. The molecule has 2 N–H and O–H groups in total. The van der Waals surface area contributed by atoms with E-state index in [0.29, 0.717) is 10.0 Å². The number of nitrogens with two attached hydrogens (primary N) is 1. The van der Waals surface area contributed by atoms with E-state index in [4.69, 9.17) is 28.9 Å². The monoisotopic (exact) mass is 249 g/mol. The standard InChI is InChI=1S/C13H9Cl2N/c14-9-5-1-3-7-11(9)12-8(13(7)16)4-2-6-10(12)15/h1-6,13H,16H2. The second kappa shape index (κ2) is 3.49. The summed E-state index contributed by atoms with van der Waals surface area (Å²) in [5.41, 5.74) is 10.2. The van der Waals surface area contributed by atoms with Gasteiger partial charge in [0.2, 0.25) is 0 Å². The lowest BCUT2D eigenvalue weighted by Gasteiger charge is -2.05. The zero-order valence-electron chi connectivity index (χ0n) is 8.37. The molecule has 0 saturated carbocycles. The van der Waals surface area contributed by atoms with Crippen molar-refractivity contribution in [2.24, 2.45) is 5.73 Å². The highest BCUT2D eigenvalue weighted by Gasteiger charge is 2.29. The molecule has 1 aliphatic rings. The van der Waals surface area contributed by atoms with E-state index < -0.39 is 0 Å². The summed E-state index contributed by atoms with van der Waals surface area (Å²) in [6.07, 6.45) is 0. The third kappa shape index (κ3) is 1.23. The molecule has 0 saturated heterocycles. The van der Waals surface area contributed by atoms with Gasteiger partial charge < -0.3 is 5.73 Å². The van der Waals surface area contributed by atoms with Crippen LogP contribution in [0.2, 0.25) is 10.0 Å². The lowest BCUT2D eigenvalue weighted by molar-refractivity contribution is 0.901. The van der Waals surface area contributed by atoms with Gasteiger partial charge in [-0.15, -0.1) is 0 Å². The van der Waals surface area contributed by atoms with Gasteiger partial charge >= 0.3 is 0 Å². The Balaban J connectivity index is 2.43. The molecule has 0 radical (unpaired) electrons. The number of benzene rings is 2. The smallest absolute Gasteiger partial charge is 0.0565 e. The zero-order valence-corrected chi connectivity index (χ0v) is 9.89. The van der Waals surface area contributed by atoms with Gasteiger partial charge in [0.05, 0.1) is 6.04 Å². The van der Waals surface area contributed by atoms with Gasteiger partial charge in [-0.2, -0.15) is 0 Å². The van der Waals surface area contributed by atoms with E-state index in [0.717, 1.165) is 22.3 Å². The summed E-state index contributed by atoms with van der Waals surface area (Å²) in [7, 11) is 0. The van der Waals surface area contributed by atoms with Gasteiger partial charge in [0.25, 0.3) is 0 Å². The van der Waals surface area contributed by atoms with Crippen molar-refractivity contribution in [2.45, 2.75) is 6.04 Å². The fourth-order valence-electron chi connectivity index (χ4n) is 2.30. The highest BCUT2D eigenvalue weighted by Crippen LogP contribution is 2.48. The van der Waals surface area contributed by atoms with Crippen molar-refractivity contribution >= 4 is 23.2 Å². The predicted molar refractivity (Wildman–Crippen MR) is 67.9 cm³/mol. The Morgan fingerprint density at radius 1 is 0.812 bits per heavy atom. The Bertz CT molecular complexity index is 527. The summed E-state index contributed by atoms with van der Waals surface area (Å²) in [4.78, 5) is 0. The fourth-order valence-corrected chi connectivity index (χ4v) is 2.85. The maximum atomic E-state index is 6.22. The molecular weight excluding hydrogens is 241 g/mol. The lowest BCUT2D eigenvalue weighted by Crippen LogP contribution is -2.07. The van der Waals surface area contributed by atoms with E-state index in [-0.39, 0.29) is 6.04 Å². The van der Waals surface area contributed by atoms with Crippen LogP contribution in [0.25, 0.3) is 11.1 Å². The zero-order chi connectivity index (χ0) is 11.3. The maximum absolute atomic E-state index is 6.22. The van der Waals surface area contributed by atoms with Crippen LogP contribution in [0.5, 0.6) is 0 Å². The molecule has 0 bridgehead atoms. The molecule has 0 amide bonds. The molecule has 2 aromatic carbocycles. The molecule has 3 rings (SSSR count). The molecule has 2 aromatic rings. The predicted octanol–water partition coefficient (Wildman–Crippen LogP) is 4.02. The summed E-state index contributed by atoms with van der Waals surface area (Å²) < 4.78 is 0. The summed E-state index contributed by atoms with van der Waals surface area (Å²) in [5.74, 6) is 0. The molecular formula is C13H9Cl2N. The van der Waals surface area contributed by atoms with Crippen LogP contribution < -0.4 is 5.73 Å². The van der Waals surface area contributed by atoms with Crippen LogP contribution in [0.3, 0.4) is 0 Å². The van der Waals surface area contributed by atoms with Crippen LogP contribution in [-0.4, -0.2) is 0 Å². The third-order valence-electron chi connectivity index (χ3n) is 3.01. The van der Waals surface area contributed by atoms with Crippen molar-refractivity contribution < 1.29 is 0 Å². The van der Waals surface area contributed by atoms with Gasteiger partial charge in [0.15, 0.2) is 0 Å². The highest BCUT2D eigenvalue weighted by atomic mass is 35.5. The second-order valence-corrected chi connectivity index (χ2v) is 4.70. The van der Waals surface area contributed by atoms with Gasteiger partial charge in [-0.3, -0.25) is 0 Å². The summed E-state index contributed by atoms with van der Waals surface area (Å²) in [6.45, 7) is 0. The number of hydrogen-bond donors (Lipinski definition) is 1. The second-order valence-electron chi connectivity index (χ2n) is 3.89. The molecule has 80 valence electrons. The van der Waals surface area contributed by atoms with Gasteiger partial charge in [-0.05, 0) is 23.3 Å². The van der Waals surface area contributed by atoms with Crippen molar-refractivity contribution in [3.8, 4) is 11.1 Å². The van der Waals surface area contributed by atoms with E-state index >= 15 is 0 Å². The largest absolute Gasteiger partial charge is 0.320 e. The van der Waals surface area contributed by atoms with Crippen LogP contribution in [0.1, 0.15) is 17.2 Å². The lowest BCUT2D eigenvalue weighted by atomic mass is 10.1. The summed E-state index contributed by atoms with van der Waals surface area (Å²) in [6, 6.07) is 11.4. The first-order valence-corrected chi connectivity index (χ1v) is 5.78. The van der Waals surface area contributed by atoms with E-state index in [1.165, 1.54) is 0 Å². The molecule has 0 spiro atoms. The Morgan fingerprint density at radius 2 is 1.25 bits per heavy atom. The fraction of sp³-hybridized carbons (Fsp3) is 0.0769. The van der Waals surface area contributed by atoms with Crippen LogP contribution >= 0.6 is 23.2 Å². The van der Waals surface area contributed by atoms with Gasteiger partial charge in [-0.1, -0.05) is 47.5 Å². The highest BCUT2D eigenvalue weighted by molar-refractivity contribution is 6.37. The molecule has 0 heterocycles. The molecule has 0 aromatic heterocycles. The molecule has 0 fully saturated rings. The first kappa shape index (κ1) is 10.2.